The summed E-state index contributed by atoms with van der Waals surface area (Å²) in [4.78, 5) is 4.27. The van der Waals surface area contributed by atoms with E-state index in [4.69, 9.17) is 9.47 Å². The summed E-state index contributed by atoms with van der Waals surface area (Å²) in [5.41, 5.74) is 1.14. The molecule has 2 aromatic rings. The molecule has 0 aliphatic carbocycles. The number of fused-ring (bicyclic) bond motifs is 1. The molecule has 0 atom stereocenters. The molecule has 100 valence electrons. The number of ether oxygens (including phenoxy) is 2. The molecule has 0 radical (unpaired) electrons. The van der Waals surface area contributed by atoms with Crippen molar-refractivity contribution in [3.63, 3.8) is 0 Å². The molecule has 6 heteroatoms. The number of hydrogen-bond donors (Lipinski definition) is 1. The van der Waals surface area contributed by atoms with Gasteiger partial charge in [-0.25, -0.2) is 4.98 Å². The molecule has 1 aliphatic heterocycles. The lowest BCUT2D eigenvalue weighted by molar-refractivity contribution is 0.173. The second-order valence-corrected chi connectivity index (χ2v) is 5.22. The van der Waals surface area contributed by atoms with Crippen molar-refractivity contribution in [2.75, 3.05) is 6.79 Å². The Labute approximate surface area is 119 Å². The zero-order chi connectivity index (χ0) is 13.2. The highest BCUT2D eigenvalue weighted by Gasteiger charge is 2.17. The molecule has 0 spiro atoms. The van der Waals surface area contributed by atoms with Gasteiger partial charge in [0.2, 0.25) is 6.79 Å². The molecule has 0 bridgehead atoms. The van der Waals surface area contributed by atoms with Crippen molar-refractivity contribution in [2.24, 2.45) is 7.05 Å². The van der Waals surface area contributed by atoms with E-state index in [1.54, 1.807) is 6.20 Å². The van der Waals surface area contributed by atoms with Gasteiger partial charge in [-0.3, -0.25) is 0 Å². The molecule has 1 aromatic heterocycles. The molecular weight excluding hydrogens is 310 g/mol. The van der Waals surface area contributed by atoms with E-state index in [2.05, 4.69) is 26.2 Å². The Morgan fingerprint density at radius 2 is 2.26 bits per heavy atom. The van der Waals surface area contributed by atoms with Crippen LogP contribution in [0.2, 0.25) is 0 Å². The van der Waals surface area contributed by atoms with Gasteiger partial charge in [-0.1, -0.05) is 0 Å². The zero-order valence-corrected chi connectivity index (χ0v) is 12.1. The molecule has 3 rings (SSSR count). The maximum Gasteiger partial charge on any atom is 0.231 e. The minimum atomic E-state index is 0.290. The van der Waals surface area contributed by atoms with Crippen molar-refractivity contribution in [1.82, 2.24) is 14.9 Å². The third kappa shape index (κ3) is 2.59. The predicted molar refractivity (Wildman–Crippen MR) is 74.0 cm³/mol. The van der Waals surface area contributed by atoms with E-state index in [1.807, 2.05) is 29.9 Å². The summed E-state index contributed by atoms with van der Waals surface area (Å²) in [6.07, 6.45) is 3.74. The van der Waals surface area contributed by atoms with E-state index in [0.717, 1.165) is 40.4 Å². The van der Waals surface area contributed by atoms with Gasteiger partial charge >= 0.3 is 0 Å². The minimum absolute atomic E-state index is 0.290. The standard InChI is InChI=1S/C13H14BrN3O2/c1-17-3-2-16-12(17)7-15-6-9-4-10(14)13-11(5-9)18-8-19-13/h2-5,15H,6-8H2,1H3. The maximum absolute atomic E-state index is 5.39. The summed E-state index contributed by atoms with van der Waals surface area (Å²) in [6, 6.07) is 4.04. The van der Waals surface area contributed by atoms with Crippen LogP contribution >= 0.6 is 15.9 Å². The first-order valence-electron chi connectivity index (χ1n) is 5.99. The maximum atomic E-state index is 5.39. The number of hydrogen-bond acceptors (Lipinski definition) is 4. The van der Waals surface area contributed by atoms with Crippen LogP contribution in [-0.4, -0.2) is 16.3 Å². The Morgan fingerprint density at radius 3 is 3.05 bits per heavy atom. The number of aryl methyl sites for hydroxylation is 1. The Kier molecular flexibility index (Phi) is 3.44. The van der Waals surface area contributed by atoms with Gasteiger partial charge in [-0.15, -0.1) is 0 Å². The van der Waals surface area contributed by atoms with E-state index >= 15 is 0 Å². The first-order valence-corrected chi connectivity index (χ1v) is 6.78. The van der Waals surface area contributed by atoms with E-state index in [1.165, 1.54) is 0 Å². The molecule has 5 nitrogen and oxygen atoms in total. The van der Waals surface area contributed by atoms with Gasteiger partial charge in [-0.2, -0.15) is 0 Å². The number of halogens is 1. The molecule has 1 aromatic carbocycles. The summed E-state index contributed by atoms with van der Waals surface area (Å²) >= 11 is 3.49. The topological polar surface area (TPSA) is 48.3 Å². The molecule has 0 saturated heterocycles. The van der Waals surface area contributed by atoms with Gasteiger partial charge in [-0.05, 0) is 33.6 Å². The lowest BCUT2D eigenvalue weighted by Gasteiger charge is -2.07. The van der Waals surface area contributed by atoms with Crippen LogP contribution in [0.1, 0.15) is 11.4 Å². The van der Waals surface area contributed by atoms with Gasteiger partial charge in [0.1, 0.15) is 5.82 Å². The average Bonchev–Trinajstić information content (AvgIpc) is 2.99. The van der Waals surface area contributed by atoms with Crippen LogP contribution in [0.5, 0.6) is 11.5 Å². The first-order chi connectivity index (χ1) is 9.24. The van der Waals surface area contributed by atoms with Crippen molar-refractivity contribution in [1.29, 1.82) is 0 Å². The molecule has 0 unspecified atom stereocenters. The normalized spacial score (nSPS) is 12.9. The Bertz CT molecular complexity index is 598. The Hall–Kier alpha value is -1.53. The first kappa shape index (κ1) is 12.5. The highest BCUT2D eigenvalue weighted by Crippen LogP contribution is 2.39. The van der Waals surface area contributed by atoms with Crippen molar-refractivity contribution >= 4 is 15.9 Å². The third-order valence-corrected chi connectivity index (χ3v) is 3.61. The number of nitrogens with zero attached hydrogens (tertiary/aromatic N) is 2. The average molecular weight is 324 g/mol. The minimum Gasteiger partial charge on any atom is -0.454 e. The summed E-state index contributed by atoms with van der Waals surface area (Å²) in [6.45, 7) is 1.77. The number of aromatic nitrogens is 2. The molecule has 0 saturated carbocycles. The van der Waals surface area contributed by atoms with Crippen LogP contribution in [0.4, 0.5) is 0 Å². The molecular formula is C13H14BrN3O2. The predicted octanol–water partition coefficient (Wildman–Crippen LogP) is 2.20. The van der Waals surface area contributed by atoms with Crippen LogP contribution in [0, 0.1) is 0 Å². The number of rotatable bonds is 4. The second kappa shape index (κ2) is 5.22. The van der Waals surface area contributed by atoms with Crippen LogP contribution in [0.3, 0.4) is 0 Å². The second-order valence-electron chi connectivity index (χ2n) is 4.37. The SMILES string of the molecule is Cn1ccnc1CNCc1cc(Br)c2c(c1)OCO2. The van der Waals surface area contributed by atoms with Crippen molar-refractivity contribution in [3.05, 3.63) is 40.4 Å². The number of imidazole rings is 1. The smallest absolute Gasteiger partial charge is 0.231 e. The Morgan fingerprint density at radius 1 is 1.37 bits per heavy atom. The van der Waals surface area contributed by atoms with Crippen molar-refractivity contribution in [3.8, 4) is 11.5 Å². The number of nitrogens with one attached hydrogen (secondary N) is 1. The highest BCUT2D eigenvalue weighted by atomic mass is 79.9. The lowest BCUT2D eigenvalue weighted by atomic mass is 10.2. The van der Waals surface area contributed by atoms with Crippen molar-refractivity contribution < 1.29 is 9.47 Å². The van der Waals surface area contributed by atoms with Gasteiger partial charge in [0.05, 0.1) is 11.0 Å². The molecule has 0 amide bonds. The number of benzene rings is 1. The lowest BCUT2D eigenvalue weighted by Crippen LogP contribution is -2.15. The van der Waals surface area contributed by atoms with Crippen LogP contribution in [0.15, 0.2) is 29.0 Å². The summed E-state index contributed by atoms with van der Waals surface area (Å²) in [5, 5.41) is 3.36. The van der Waals surface area contributed by atoms with Gasteiger partial charge in [0.15, 0.2) is 11.5 Å². The van der Waals surface area contributed by atoms with Crippen molar-refractivity contribution in [2.45, 2.75) is 13.1 Å². The summed E-state index contributed by atoms with van der Waals surface area (Å²) in [5.74, 6) is 2.59. The Balaban J connectivity index is 1.65. The van der Waals surface area contributed by atoms with Gasteiger partial charge < -0.3 is 19.4 Å². The molecule has 2 heterocycles. The fourth-order valence-corrected chi connectivity index (χ4v) is 2.61. The zero-order valence-electron chi connectivity index (χ0n) is 10.5. The molecule has 19 heavy (non-hydrogen) atoms. The largest absolute Gasteiger partial charge is 0.454 e. The van der Waals surface area contributed by atoms with E-state index in [-0.39, 0.29) is 6.79 Å². The van der Waals surface area contributed by atoms with Crippen LogP contribution in [0.25, 0.3) is 0 Å². The van der Waals surface area contributed by atoms with Crippen LogP contribution < -0.4 is 14.8 Å². The van der Waals surface area contributed by atoms with Gasteiger partial charge in [0.25, 0.3) is 0 Å². The highest BCUT2D eigenvalue weighted by molar-refractivity contribution is 9.10. The molecule has 1 aliphatic rings. The fourth-order valence-electron chi connectivity index (χ4n) is 2.01. The summed E-state index contributed by atoms with van der Waals surface area (Å²) < 4.78 is 13.7. The van der Waals surface area contributed by atoms with E-state index < -0.39 is 0 Å². The monoisotopic (exact) mass is 323 g/mol. The van der Waals surface area contributed by atoms with E-state index in [0.29, 0.717) is 0 Å². The molecule has 1 N–H and O–H groups in total. The van der Waals surface area contributed by atoms with Crippen LogP contribution in [-0.2, 0) is 20.1 Å². The van der Waals surface area contributed by atoms with Gasteiger partial charge in [0, 0.05) is 26.0 Å². The summed E-state index contributed by atoms with van der Waals surface area (Å²) in [7, 11) is 1.99. The fraction of sp³-hybridized carbons (Fsp3) is 0.308. The third-order valence-electron chi connectivity index (χ3n) is 3.02. The molecule has 0 fully saturated rings. The van der Waals surface area contributed by atoms with E-state index in [9.17, 15) is 0 Å². The quantitative estimate of drug-likeness (QED) is 0.937.